The number of H-pyrrole nitrogens is 1. The van der Waals surface area contributed by atoms with Crippen molar-refractivity contribution in [1.82, 2.24) is 14.8 Å². The molecule has 0 atom stereocenters. The number of hydrogen-bond acceptors (Lipinski definition) is 5. The number of aromatic amines is 1. The van der Waals surface area contributed by atoms with Gasteiger partial charge in [-0.1, -0.05) is 0 Å². The zero-order valence-electron chi connectivity index (χ0n) is 15.7. The number of amides is 2. The number of esters is 1. The van der Waals surface area contributed by atoms with E-state index in [0.717, 1.165) is 0 Å². The van der Waals surface area contributed by atoms with Gasteiger partial charge >= 0.3 is 5.97 Å². The molecule has 3 heterocycles. The summed E-state index contributed by atoms with van der Waals surface area (Å²) in [5, 5.41) is 3.73. The molecule has 1 saturated heterocycles. The number of rotatable bonds is 3. The summed E-state index contributed by atoms with van der Waals surface area (Å²) < 4.78 is 4.81. The summed E-state index contributed by atoms with van der Waals surface area (Å²) in [5.41, 5.74) is 2.72. The molecule has 2 aromatic heterocycles. The van der Waals surface area contributed by atoms with Crippen molar-refractivity contribution in [1.29, 1.82) is 0 Å². The summed E-state index contributed by atoms with van der Waals surface area (Å²) in [6.07, 6.45) is 0.713. The van der Waals surface area contributed by atoms with Crippen molar-refractivity contribution >= 4 is 29.1 Å². The zero-order chi connectivity index (χ0) is 19.6. The molecule has 0 unspecified atom stereocenters. The molecule has 1 fully saturated rings. The Bertz CT molecular complexity index is 857. The van der Waals surface area contributed by atoms with Crippen LogP contribution in [0.25, 0.3) is 0 Å². The quantitative estimate of drug-likeness (QED) is 0.818. The molecule has 27 heavy (non-hydrogen) atoms. The molecule has 7 nitrogen and oxygen atoms in total. The standard InChI is InChI=1S/C19H23N3O4S/c1-12-15(19(25)26-3)13(2)20-16(12)18(24)22-7-4-6-21(8-9-22)17(23)14-5-10-27-11-14/h5,10-11,20H,4,6-9H2,1-3H3. The maximum Gasteiger partial charge on any atom is 0.339 e. The average molecular weight is 389 g/mol. The van der Waals surface area contributed by atoms with Crippen LogP contribution in [0.1, 0.15) is 48.9 Å². The van der Waals surface area contributed by atoms with Crippen molar-refractivity contribution in [3.63, 3.8) is 0 Å². The van der Waals surface area contributed by atoms with Crippen molar-refractivity contribution < 1.29 is 19.1 Å². The van der Waals surface area contributed by atoms with Gasteiger partial charge in [0.25, 0.3) is 11.8 Å². The van der Waals surface area contributed by atoms with Gasteiger partial charge in [-0.2, -0.15) is 11.3 Å². The van der Waals surface area contributed by atoms with Crippen LogP contribution >= 0.6 is 11.3 Å². The summed E-state index contributed by atoms with van der Waals surface area (Å²) in [7, 11) is 1.32. The minimum absolute atomic E-state index is 0.00502. The Labute approximate surface area is 161 Å². The van der Waals surface area contributed by atoms with E-state index < -0.39 is 5.97 Å². The topological polar surface area (TPSA) is 82.7 Å². The second-order valence-corrected chi connectivity index (χ2v) is 7.35. The molecule has 1 aliphatic rings. The van der Waals surface area contributed by atoms with E-state index in [1.165, 1.54) is 18.4 Å². The molecule has 144 valence electrons. The van der Waals surface area contributed by atoms with Gasteiger partial charge in [0.15, 0.2) is 0 Å². The van der Waals surface area contributed by atoms with Crippen LogP contribution in [0.3, 0.4) is 0 Å². The van der Waals surface area contributed by atoms with Gasteiger partial charge in [-0.3, -0.25) is 9.59 Å². The molecular formula is C19H23N3O4S. The largest absolute Gasteiger partial charge is 0.465 e. The monoisotopic (exact) mass is 389 g/mol. The summed E-state index contributed by atoms with van der Waals surface area (Å²) in [6, 6.07) is 1.82. The molecular weight excluding hydrogens is 366 g/mol. The first kappa shape index (κ1) is 19.2. The smallest absolute Gasteiger partial charge is 0.339 e. The second-order valence-electron chi connectivity index (χ2n) is 6.57. The molecule has 1 aliphatic heterocycles. The maximum atomic E-state index is 13.0. The number of methoxy groups -OCH3 is 1. The Morgan fingerprint density at radius 3 is 2.33 bits per heavy atom. The van der Waals surface area contributed by atoms with Gasteiger partial charge < -0.3 is 19.5 Å². The number of nitrogens with zero attached hydrogens (tertiary/aromatic N) is 2. The predicted octanol–water partition coefficient (Wildman–Crippen LogP) is 2.47. The number of ether oxygens (including phenoxy) is 1. The molecule has 2 amide bonds. The molecule has 0 aromatic carbocycles. The third-order valence-corrected chi connectivity index (χ3v) is 5.56. The fourth-order valence-electron chi connectivity index (χ4n) is 3.42. The highest BCUT2D eigenvalue weighted by molar-refractivity contribution is 7.08. The van der Waals surface area contributed by atoms with E-state index in [-0.39, 0.29) is 11.8 Å². The highest BCUT2D eigenvalue weighted by Crippen LogP contribution is 2.21. The van der Waals surface area contributed by atoms with E-state index >= 15 is 0 Å². The van der Waals surface area contributed by atoms with Crippen LogP contribution in [0.15, 0.2) is 16.8 Å². The van der Waals surface area contributed by atoms with Crippen LogP contribution in [0.5, 0.6) is 0 Å². The van der Waals surface area contributed by atoms with Gasteiger partial charge in [0, 0.05) is 37.3 Å². The molecule has 0 spiro atoms. The highest BCUT2D eigenvalue weighted by Gasteiger charge is 2.28. The number of carbonyl (C=O) groups is 3. The van der Waals surface area contributed by atoms with Gasteiger partial charge in [0.1, 0.15) is 5.69 Å². The first-order chi connectivity index (χ1) is 12.9. The SMILES string of the molecule is COC(=O)c1c(C)[nH]c(C(=O)N2CCCN(C(=O)c3ccsc3)CC2)c1C. The van der Waals surface area contributed by atoms with E-state index in [9.17, 15) is 14.4 Å². The number of hydrogen-bond donors (Lipinski definition) is 1. The summed E-state index contributed by atoms with van der Waals surface area (Å²) in [4.78, 5) is 44.0. The summed E-state index contributed by atoms with van der Waals surface area (Å²) in [5.74, 6) is -0.607. The van der Waals surface area contributed by atoms with Crippen molar-refractivity contribution in [2.24, 2.45) is 0 Å². The first-order valence-corrected chi connectivity index (χ1v) is 9.76. The fourth-order valence-corrected chi connectivity index (χ4v) is 4.05. The van der Waals surface area contributed by atoms with E-state index in [4.69, 9.17) is 4.74 Å². The van der Waals surface area contributed by atoms with Crippen molar-refractivity contribution in [2.75, 3.05) is 33.3 Å². The first-order valence-electron chi connectivity index (χ1n) is 8.82. The molecule has 0 bridgehead atoms. The molecule has 0 saturated carbocycles. The lowest BCUT2D eigenvalue weighted by Gasteiger charge is -2.22. The van der Waals surface area contributed by atoms with Gasteiger partial charge in [0.05, 0.1) is 18.2 Å². The van der Waals surface area contributed by atoms with Crippen LogP contribution in [0.2, 0.25) is 0 Å². The lowest BCUT2D eigenvalue weighted by molar-refractivity contribution is 0.0599. The molecule has 1 N–H and O–H groups in total. The minimum Gasteiger partial charge on any atom is -0.465 e. The normalized spacial score (nSPS) is 14.8. The third-order valence-electron chi connectivity index (χ3n) is 4.88. The Balaban J connectivity index is 1.73. The highest BCUT2D eigenvalue weighted by atomic mass is 32.1. The minimum atomic E-state index is -0.455. The van der Waals surface area contributed by atoms with Gasteiger partial charge in [-0.05, 0) is 37.3 Å². The van der Waals surface area contributed by atoms with Crippen molar-refractivity contribution in [2.45, 2.75) is 20.3 Å². The Hall–Kier alpha value is -2.61. The van der Waals surface area contributed by atoms with Crippen LogP contribution in [0.4, 0.5) is 0 Å². The van der Waals surface area contributed by atoms with Crippen LogP contribution in [-0.4, -0.2) is 65.9 Å². The number of nitrogens with one attached hydrogen (secondary N) is 1. The van der Waals surface area contributed by atoms with Crippen LogP contribution < -0.4 is 0 Å². The maximum absolute atomic E-state index is 13.0. The van der Waals surface area contributed by atoms with Crippen LogP contribution in [-0.2, 0) is 4.74 Å². The van der Waals surface area contributed by atoms with E-state index in [0.29, 0.717) is 60.7 Å². The number of thiophene rings is 1. The zero-order valence-corrected chi connectivity index (χ0v) is 16.5. The number of aryl methyl sites for hydroxylation is 1. The number of aromatic nitrogens is 1. The van der Waals surface area contributed by atoms with E-state index in [2.05, 4.69) is 4.98 Å². The molecule has 8 heteroatoms. The number of carbonyl (C=O) groups excluding carboxylic acids is 3. The molecule has 0 aliphatic carbocycles. The Morgan fingerprint density at radius 1 is 1.07 bits per heavy atom. The van der Waals surface area contributed by atoms with Gasteiger partial charge in [0.2, 0.25) is 0 Å². The van der Waals surface area contributed by atoms with E-state index in [1.54, 1.807) is 23.6 Å². The molecule has 0 radical (unpaired) electrons. The third kappa shape index (κ3) is 3.75. The van der Waals surface area contributed by atoms with E-state index in [1.807, 2.05) is 16.8 Å². The Morgan fingerprint density at radius 2 is 1.74 bits per heavy atom. The van der Waals surface area contributed by atoms with Gasteiger partial charge in [-0.15, -0.1) is 0 Å². The molecule has 2 aromatic rings. The fraction of sp³-hybridized carbons (Fsp3) is 0.421. The lowest BCUT2D eigenvalue weighted by atomic mass is 10.1. The predicted molar refractivity (Wildman–Crippen MR) is 102 cm³/mol. The lowest BCUT2D eigenvalue weighted by Crippen LogP contribution is -2.37. The van der Waals surface area contributed by atoms with Crippen LogP contribution in [0, 0.1) is 13.8 Å². The summed E-state index contributed by atoms with van der Waals surface area (Å²) in [6.45, 7) is 5.63. The van der Waals surface area contributed by atoms with Gasteiger partial charge in [-0.25, -0.2) is 4.79 Å². The Kier molecular flexibility index (Phi) is 5.65. The van der Waals surface area contributed by atoms with Crippen molar-refractivity contribution in [3.8, 4) is 0 Å². The van der Waals surface area contributed by atoms with Crippen molar-refractivity contribution in [3.05, 3.63) is 44.9 Å². The average Bonchev–Trinajstić information content (AvgIpc) is 3.21. The molecule has 3 rings (SSSR count). The summed E-state index contributed by atoms with van der Waals surface area (Å²) >= 11 is 1.50. The second kappa shape index (κ2) is 7.96.